The Morgan fingerprint density at radius 1 is 1.18 bits per heavy atom. The number of aryl methyl sites for hydroxylation is 1. The molecule has 2 heterocycles. The van der Waals surface area contributed by atoms with E-state index in [0.717, 1.165) is 25.7 Å². The summed E-state index contributed by atoms with van der Waals surface area (Å²) in [4.78, 5) is 11.8. The third-order valence-corrected chi connectivity index (χ3v) is 5.44. The minimum atomic E-state index is -0.371. The van der Waals surface area contributed by atoms with Gasteiger partial charge >= 0.3 is 5.97 Å². The summed E-state index contributed by atoms with van der Waals surface area (Å²) in [7, 11) is 0. The average molecular weight is 309 g/mol. The highest BCUT2D eigenvalue weighted by Gasteiger charge is 2.23. The van der Waals surface area contributed by atoms with Crippen LogP contribution in [-0.4, -0.2) is 12.6 Å². The summed E-state index contributed by atoms with van der Waals surface area (Å²) in [6.07, 6.45) is 0.831. The molecule has 0 radical (unpaired) electrons. The number of thiophene rings is 2. The number of carbonyl (C=O) groups is 1. The zero-order valence-corrected chi connectivity index (χ0v) is 12.4. The van der Waals surface area contributed by atoms with E-state index in [1.165, 1.54) is 22.7 Å². The molecule has 0 aliphatic heterocycles. The van der Waals surface area contributed by atoms with E-state index in [4.69, 9.17) is 27.9 Å². The summed E-state index contributed by atoms with van der Waals surface area (Å²) < 4.78 is 8.08. The summed E-state index contributed by atoms with van der Waals surface area (Å²) in [6, 6.07) is 0. The average Bonchev–Trinajstić information content (AvgIpc) is 2.71. The second-order valence-corrected chi connectivity index (χ2v) is 6.58. The standard InChI is InChI=1S/C11H10Cl2O2S2/c1-3-5-7-8(17-9(5)12)6(10(13)16-7)11(14)15-4-2/h3-4H2,1-2H3. The Bertz CT molecular complexity index is 572. The van der Waals surface area contributed by atoms with Crippen molar-refractivity contribution in [2.75, 3.05) is 6.61 Å². The van der Waals surface area contributed by atoms with Crippen molar-refractivity contribution in [2.24, 2.45) is 0 Å². The minimum absolute atomic E-state index is 0.340. The molecule has 0 spiro atoms. The fourth-order valence-electron chi connectivity index (χ4n) is 1.60. The molecule has 0 aromatic carbocycles. The van der Waals surface area contributed by atoms with Crippen LogP contribution in [0, 0.1) is 0 Å². The third kappa shape index (κ3) is 2.19. The van der Waals surface area contributed by atoms with Crippen LogP contribution >= 0.6 is 45.9 Å². The highest BCUT2D eigenvalue weighted by Crippen LogP contribution is 2.45. The number of hydrogen-bond donors (Lipinski definition) is 0. The number of fused-ring (bicyclic) bond motifs is 1. The van der Waals surface area contributed by atoms with Crippen LogP contribution in [0.3, 0.4) is 0 Å². The maximum Gasteiger partial charge on any atom is 0.342 e. The van der Waals surface area contributed by atoms with Crippen molar-refractivity contribution in [1.29, 1.82) is 0 Å². The fourth-order valence-corrected chi connectivity index (χ4v) is 5.04. The van der Waals surface area contributed by atoms with E-state index in [1.54, 1.807) is 6.92 Å². The first-order chi connectivity index (χ1) is 8.10. The monoisotopic (exact) mass is 308 g/mol. The largest absolute Gasteiger partial charge is 0.462 e. The molecule has 17 heavy (non-hydrogen) atoms. The maximum absolute atomic E-state index is 11.8. The van der Waals surface area contributed by atoms with Crippen molar-refractivity contribution in [3.05, 3.63) is 19.8 Å². The second kappa shape index (κ2) is 5.14. The molecule has 2 rings (SSSR count). The van der Waals surface area contributed by atoms with Gasteiger partial charge in [-0.15, -0.1) is 22.7 Å². The van der Waals surface area contributed by atoms with Gasteiger partial charge in [0, 0.05) is 0 Å². The van der Waals surface area contributed by atoms with E-state index >= 15 is 0 Å². The first-order valence-corrected chi connectivity index (χ1v) is 7.55. The molecule has 0 aliphatic rings. The van der Waals surface area contributed by atoms with Gasteiger partial charge in [0.15, 0.2) is 0 Å². The lowest BCUT2D eigenvalue weighted by atomic mass is 10.2. The Balaban J connectivity index is 2.63. The summed E-state index contributed by atoms with van der Waals surface area (Å²) in [6.45, 7) is 4.14. The molecule has 6 heteroatoms. The van der Waals surface area contributed by atoms with Gasteiger partial charge in [-0.3, -0.25) is 0 Å². The van der Waals surface area contributed by atoms with Gasteiger partial charge in [0.2, 0.25) is 0 Å². The van der Waals surface area contributed by atoms with Gasteiger partial charge in [-0.25, -0.2) is 4.79 Å². The van der Waals surface area contributed by atoms with Gasteiger partial charge in [0.05, 0.1) is 20.3 Å². The van der Waals surface area contributed by atoms with Crippen molar-refractivity contribution in [3.63, 3.8) is 0 Å². The lowest BCUT2D eigenvalue weighted by molar-refractivity contribution is 0.0529. The van der Waals surface area contributed by atoms with Gasteiger partial charge in [0.25, 0.3) is 0 Å². The van der Waals surface area contributed by atoms with Gasteiger partial charge in [-0.1, -0.05) is 30.1 Å². The predicted molar refractivity (Wildman–Crippen MR) is 75.1 cm³/mol. The Hall–Kier alpha value is -0.290. The molecular weight excluding hydrogens is 299 g/mol. The van der Waals surface area contributed by atoms with E-state index in [2.05, 4.69) is 0 Å². The van der Waals surface area contributed by atoms with Crippen LogP contribution < -0.4 is 0 Å². The van der Waals surface area contributed by atoms with Gasteiger partial charge in [0.1, 0.15) is 9.90 Å². The van der Waals surface area contributed by atoms with E-state index in [1.807, 2.05) is 6.92 Å². The van der Waals surface area contributed by atoms with Crippen molar-refractivity contribution < 1.29 is 9.53 Å². The van der Waals surface area contributed by atoms with Crippen LogP contribution in [-0.2, 0) is 11.2 Å². The Labute approximate surface area is 117 Å². The molecule has 0 saturated carbocycles. The fraction of sp³-hybridized carbons (Fsp3) is 0.364. The van der Waals surface area contributed by atoms with E-state index in [9.17, 15) is 4.79 Å². The number of hydrogen-bond acceptors (Lipinski definition) is 4. The van der Waals surface area contributed by atoms with Gasteiger partial charge in [-0.2, -0.15) is 0 Å². The van der Waals surface area contributed by atoms with E-state index in [-0.39, 0.29) is 5.97 Å². The van der Waals surface area contributed by atoms with Crippen molar-refractivity contribution in [1.82, 2.24) is 0 Å². The summed E-state index contributed by atoms with van der Waals surface area (Å²) in [5, 5.41) is 0. The Morgan fingerprint density at radius 3 is 2.41 bits per heavy atom. The molecule has 2 aromatic heterocycles. The Morgan fingerprint density at radius 2 is 1.82 bits per heavy atom. The number of esters is 1. The van der Waals surface area contributed by atoms with Crippen LogP contribution in [0.5, 0.6) is 0 Å². The SMILES string of the molecule is CCOC(=O)c1c(Cl)sc2c(CC)c(Cl)sc12. The van der Waals surface area contributed by atoms with Crippen LogP contribution in [0.4, 0.5) is 0 Å². The summed E-state index contributed by atoms with van der Waals surface area (Å²) >= 11 is 15.0. The molecule has 0 amide bonds. The van der Waals surface area contributed by atoms with Crippen molar-refractivity contribution in [3.8, 4) is 0 Å². The van der Waals surface area contributed by atoms with Crippen molar-refractivity contribution in [2.45, 2.75) is 20.3 Å². The maximum atomic E-state index is 11.8. The first kappa shape index (κ1) is 13.1. The Kier molecular flexibility index (Phi) is 3.98. The lowest BCUT2D eigenvalue weighted by Crippen LogP contribution is -2.03. The summed E-state index contributed by atoms with van der Waals surface area (Å²) in [5.41, 5.74) is 1.52. The molecule has 0 N–H and O–H groups in total. The topological polar surface area (TPSA) is 26.3 Å². The minimum Gasteiger partial charge on any atom is -0.462 e. The number of rotatable bonds is 3. The lowest BCUT2D eigenvalue weighted by Gasteiger charge is -1.99. The van der Waals surface area contributed by atoms with Crippen LogP contribution in [0.25, 0.3) is 9.40 Å². The molecule has 0 saturated heterocycles. The molecular formula is C11H10Cl2O2S2. The molecule has 0 unspecified atom stereocenters. The van der Waals surface area contributed by atoms with E-state index in [0.29, 0.717) is 16.5 Å². The predicted octanol–water partition coefficient (Wildman–Crippen LogP) is 5.01. The highest BCUT2D eigenvalue weighted by atomic mass is 35.5. The van der Waals surface area contributed by atoms with Crippen LogP contribution in [0.2, 0.25) is 8.67 Å². The zero-order valence-electron chi connectivity index (χ0n) is 9.30. The van der Waals surface area contributed by atoms with E-state index < -0.39 is 0 Å². The molecule has 0 atom stereocenters. The highest BCUT2D eigenvalue weighted by molar-refractivity contribution is 7.32. The van der Waals surface area contributed by atoms with Crippen molar-refractivity contribution >= 4 is 61.2 Å². The molecule has 2 nitrogen and oxygen atoms in total. The normalized spacial score (nSPS) is 11.1. The quantitative estimate of drug-likeness (QED) is 0.745. The zero-order chi connectivity index (χ0) is 12.6. The molecule has 92 valence electrons. The second-order valence-electron chi connectivity index (χ2n) is 3.34. The smallest absolute Gasteiger partial charge is 0.342 e. The molecule has 0 aliphatic carbocycles. The number of ether oxygens (including phenoxy) is 1. The van der Waals surface area contributed by atoms with Crippen LogP contribution in [0.1, 0.15) is 29.8 Å². The summed E-state index contributed by atoms with van der Waals surface area (Å²) in [5.74, 6) is -0.371. The number of halogens is 2. The van der Waals surface area contributed by atoms with Gasteiger partial charge in [-0.05, 0) is 18.9 Å². The third-order valence-electron chi connectivity index (χ3n) is 2.36. The molecule has 0 bridgehead atoms. The van der Waals surface area contributed by atoms with Crippen LogP contribution in [0.15, 0.2) is 0 Å². The van der Waals surface area contributed by atoms with Gasteiger partial charge < -0.3 is 4.74 Å². The first-order valence-electron chi connectivity index (χ1n) is 5.16. The molecule has 0 fully saturated rings. The number of carbonyl (C=O) groups excluding carboxylic acids is 1. The molecule has 2 aromatic rings.